The van der Waals surface area contributed by atoms with Crippen molar-refractivity contribution < 1.29 is 9.53 Å². The van der Waals surface area contributed by atoms with Gasteiger partial charge in [-0.05, 0) is 32.8 Å². The monoisotopic (exact) mass is 386 g/mol. The van der Waals surface area contributed by atoms with Crippen molar-refractivity contribution in [2.45, 2.75) is 32.7 Å². The number of anilines is 1. The first-order valence-corrected chi connectivity index (χ1v) is 9.58. The molecular formula is C19H26N6O3. The van der Waals surface area contributed by atoms with Crippen LogP contribution in [0.4, 0.5) is 10.7 Å². The fourth-order valence-corrected chi connectivity index (χ4v) is 3.46. The van der Waals surface area contributed by atoms with E-state index in [0.717, 1.165) is 12.8 Å². The first-order valence-electron chi connectivity index (χ1n) is 9.58. The lowest BCUT2D eigenvalue weighted by molar-refractivity contribution is 0.103. The summed E-state index contributed by atoms with van der Waals surface area (Å²) in [6, 6.07) is 3.22. The minimum Gasteiger partial charge on any atom is -0.450 e. The number of likely N-dealkylation sites (N-methyl/N-ethyl adjacent to an activating group) is 1. The molecule has 3 heterocycles. The van der Waals surface area contributed by atoms with Crippen LogP contribution in [0.15, 0.2) is 29.5 Å². The van der Waals surface area contributed by atoms with Crippen molar-refractivity contribution >= 4 is 12.0 Å². The average Bonchev–Trinajstić information content (AvgIpc) is 3.17. The van der Waals surface area contributed by atoms with Gasteiger partial charge in [0.25, 0.3) is 5.56 Å². The zero-order valence-corrected chi connectivity index (χ0v) is 16.5. The summed E-state index contributed by atoms with van der Waals surface area (Å²) in [6.07, 6.45) is 4.61. The maximum atomic E-state index is 12.5. The second-order valence-electron chi connectivity index (χ2n) is 6.66. The molecule has 2 aromatic rings. The first kappa shape index (κ1) is 19.8. The molecule has 28 heavy (non-hydrogen) atoms. The molecule has 9 heteroatoms. The number of carbonyl (C=O) groups excluding carboxylic acids is 1. The highest BCUT2D eigenvalue weighted by molar-refractivity contribution is 5.68. The third-order valence-electron chi connectivity index (χ3n) is 4.93. The fraction of sp³-hybridized carbons (Fsp3) is 0.526. The second-order valence-corrected chi connectivity index (χ2v) is 6.66. The summed E-state index contributed by atoms with van der Waals surface area (Å²) < 4.78 is 6.71. The molecule has 1 aliphatic heterocycles. The molecule has 0 aromatic carbocycles. The van der Waals surface area contributed by atoms with E-state index in [1.807, 2.05) is 11.8 Å². The van der Waals surface area contributed by atoms with Gasteiger partial charge in [0.15, 0.2) is 0 Å². The Morgan fingerprint density at radius 1 is 1.36 bits per heavy atom. The van der Waals surface area contributed by atoms with E-state index < -0.39 is 0 Å². The smallest absolute Gasteiger partial charge is 0.410 e. The highest BCUT2D eigenvalue weighted by Gasteiger charge is 2.31. The van der Waals surface area contributed by atoms with E-state index in [9.17, 15) is 9.59 Å². The Hall–Kier alpha value is -2.97. The Bertz CT molecular complexity index is 870. The van der Waals surface area contributed by atoms with Crippen LogP contribution >= 0.6 is 0 Å². The summed E-state index contributed by atoms with van der Waals surface area (Å²) in [6.45, 7) is 6.10. The van der Waals surface area contributed by atoms with Gasteiger partial charge in [-0.15, -0.1) is 0 Å². The molecule has 0 aliphatic carbocycles. The highest BCUT2D eigenvalue weighted by Crippen LogP contribution is 2.22. The molecule has 0 spiro atoms. The van der Waals surface area contributed by atoms with Crippen molar-refractivity contribution in [1.29, 1.82) is 0 Å². The molecule has 0 N–H and O–H groups in total. The second kappa shape index (κ2) is 8.81. The number of carbonyl (C=O) groups is 1. The predicted octanol–water partition coefficient (Wildman–Crippen LogP) is 1.68. The molecule has 0 radical (unpaired) electrons. The zero-order valence-electron chi connectivity index (χ0n) is 16.5. The molecule has 1 atom stereocenters. The van der Waals surface area contributed by atoms with Crippen LogP contribution < -0.4 is 10.5 Å². The van der Waals surface area contributed by atoms with Gasteiger partial charge < -0.3 is 14.5 Å². The lowest BCUT2D eigenvalue weighted by atomic mass is 10.2. The van der Waals surface area contributed by atoms with E-state index in [1.54, 1.807) is 31.1 Å². The van der Waals surface area contributed by atoms with Crippen molar-refractivity contribution in [3.63, 3.8) is 0 Å². The zero-order chi connectivity index (χ0) is 20.1. The summed E-state index contributed by atoms with van der Waals surface area (Å²) in [4.78, 5) is 41.3. The van der Waals surface area contributed by atoms with Crippen LogP contribution in [0.25, 0.3) is 11.4 Å². The fourth-order valence-electron chi connectivity index (χ4n) is 3.46. The summed E-state index contributed by atoms with van der Waals surface area (Å²) in [5.74, 6) is 0.555. The van der Waals surface area contributed by atoms with E-state index >= 15 is 0 Å². The Labute approximate surface area is 164 Å². The Kier molecular flexibility index (Phi) is 6.23. The van der Waals surface area contributed by atoms with Crippen molar-refractivity contribution in [2.75, 3.05) is 31.1 Å². The third kappa shape index (κ3) is 4.13. The van der Waals surface area contributed by atoms with Crippen LogP contribution in [0.2, 0.25) is 0 Å². The maximum absolute atomic E-state index is 12.5. The normalized spacial score (nSPS) is 16.2. The SMILES string of the molecule is CCOC(=O)N1CCC[C@H]1CN(CC)c1nc(-c2ccncn2)cc(=O)n1C. The Morgan fingerprint density at radius 2 is 2.18 bits per heavy atom. The van der Waals surface area contributed by atoms with Crippen LogP contribution in [0.3, 0.4) is 0 Å². The van der Waals surface area contributed by atoms with Gasteiger partial charge in [0.1, 0.15) is 6.33 Å². The predicted molar refractivity (Wildman–Crippen MR) is 105 cm³/mol. The number of hydrogen-bond donors (Lipinski definition) is 0. The lowest BCUT2D eigenvalue weighted by Gasteiger charge is -2.31. The molecular weight excluding hydrogens is 360 g/mol. The molecule has 3 rings (SSSR count). The minimum absolute atomic E-state index is 0.0265. The molecule has 9 nitrogen and oxygen atoms in total. The molecule has 1 amide bonds. The summed E-state index contributed by atoms with van der Waals surface area (Å²) in [7, 11) is 1.70. The molecule has 0 unspecified atom stereocenters. The van der Waals surface area contributed by atoms with Gasteiger partial charge in [0, 0.05) is 38.9 Å². The standard InChI is InChI=1S/C19H26N6O3/c1-4-24(12-14-7-6-10-25(14)19(27)28-5-2)18-22-16(11-17(26)23(18)3)15-8-9-20-13-21-15/h8-9,11,13-14H,4-7,10,12H2,1-3H3/t14-/m0/s1. The number of nitrogens with zero attached hydrogens (tertiary/aromatic N) is 6. The van der Waals surface area contributed by atoms with Crippen molar-refractivity contribution in [3.05, 3.63) is 35.0 Å². The van der Waals surface area contributed by atoms with Crippen LogP contribution in [0.1, 0.15) is 26.7 Å². The molecule has 0 saturated carbocycles. The van der Waals surface area contributed by atoms with Gasteiger partial charge in [0.2, 0.25) is 5.95 Å². The molecule has 1 aliphatic rings. The van der Waals surface area contributed by atoms with Crippen LogP contribution in [-0.2, 0) is 11.8 Å². The number of hydrogen-bond acceptors (Lipinski definition) is 7. The molecule has 0 bridgehead atoms. The Morgan fingerprint density at radius 3 is 2.86 bits per heavy atom. The maximum Gasteiger partial charge on any atom is 0.410 e. The van der Waals surface area contributed by atoms with Crippen LogP contribution in [0.5, 0.6) is 0 Å². The van der Waals surface area contributed by atoms with E-state index in [-0.39, 0.29) is 17.7 Å². The lowest BCUT2D eigenvalue weighted by Crippen LogP contribution is -2.45. The van der Waals surface area contributed by atoms with Gasteiger partial charge in [-0.25, -0.2) is 19.7 Å². The highest BCUT2D eigenvalue weighted by atomic mass is 16.6. The Balaban J connectivity index is 1.89. The van der Waals surface area contributed by atoms with Gasteiger partial charge in [0.05, 0.1) is 24.0 Å². The minimum atomic E-state index is -0.280. The number of ether oxygens (including phenoxy) is 1. The van der Waals surface area contributed by atoms with Crippen molar-refractivity contribution in [3.8, 4) is 11.4 Å². The summed E-state index contributed by atoms with van der Waals surface area (Å²) >= 11 is 0. The van der Waals surface area contributed by atoms with E-state index in [2.05, 4.69) is 15.0 Å². The van der Waals surface area contributed by atoms with Gasteiger partial charge in [-0.1, -0.05) is 0 Å². The van der Waals surface area contributed by atoms with Crippen molar-refractivity contribution in [1.82, 2.24) is 24.4 Å². The first-order chi connectivity index (χ1) is 13.5. The van der Waals surface area contributed by atoms with Gasteiger partial charge >= 0.3 is 6.09 Å². The largest absolute Gasteiger partial charge is 0.450 e. The van der Waals surface area contributed by atoms with E-state index in [0.29, 0.717) is 43.6 Å². The number of amides is 1. The topological polar surface area (TPSA) is 93.5 Å². The number of rotatable bonds is 6. The molecule has 1 fully saturated rings. The molecule has 150 valence electrons. The molecule has 1 saturated heterocycles. The number of aromatic nitrogens is 4. The van der Waals surface area contributed by atoms with E-state index in [4.69, 9.17) is 4.74 Å². The van der Waals surface area contributed by atoms with Gasteiger partial charge in [-0.3, -0.25) is 9.36 Å². The number of likely N-dealkylation sites (tertiary alicyclic amines) is 1. The van der Waals surface area contributed by atoms with Crippen LogP contribution in [0, 0.1) is 0 Å². The van der Waals surface area contributed by atoms with Crippen LogP contribution in [-0.4, -0.2) is 62.8 Å². The molecule has 2 aromatic heterocycles. The third-order valence-corrected chi connectivity index (χ3v) is 4.93. The van der Waals surface area contributed by atoms with Gasteiger partial charge in [-0.2, -0.15) is 0 Å². The van der Waals surface area contributed by atoms with E-state index in [1.165, 1.54) is 17.0 Å². The van der Waals surface area contributed by atoms with Crippen molar-refractivity contribution in [2.24, 2.45) is 7.05 Å². The quantitative estimate of drug-likeness (QED) is 0.746. The average molecular weight is 386 g/mol. The summed E-state index contributed by atoms with van der Waals surface area (Å²) in [5, 5.41) is 0. The summed E-state index contributed by atoms with van der Waals surface area (Å²) in [5.41, 5.74) is 0.942.